The quantitative estimate of drug-likeness (QED) is 0.835. The lowest BCUT2D eigenvalue weighted by Gasteiger charge is -2.31. The van der Waals surface area contributed by atoms with Crippen LogP contribution in [0, 0.1) is 0 Å². The van der Waals surface area contributed by atoms with Crippen LogP contribution < -0.4 is 19.3 Å². The van der Waals surface area contributed by atoms with Crippen molar-refractivity contribution in [3.05, 3.63) is 48.5 Å². The van der Waals surface area contributed by atoms with Gasteiger partial charge in [-0.15, -0.1) is 0 Å². The van der Waals surface area contributed by atoms with Crippen molar-refractivity contribution < 1.29 is 22.7 Å². The number of ether oxygens (including phenoxy) is 1. The van der Waals surface area contributed by atoms with Crippen molar-refractivity contribution >= 4 is 38.9 Å². The Bertz CT molecular complexity index is 973. The molecular formula is C18H19N3O5S. The van der Waals surface area contributed by atoms with Crippen LogP contribution in [0.2, 0.25) is 0 Å². The van der Waals surface area contributed by atoms with Crippen LogP contribution in [-0.4, -0.2) is 46.7 Å². The van der Waals surface area contributed by atoms with E-state index < -0.39 is 22.5 Å². The summed E-state index contributed by atoms with van der Waals surface area (Å²) in [7, 11) is -2.21. The largest absolute Gasteiger partial charge is 0.497 e. The van der Waals surface area contributed by atoms with Gasteiger partial charge in [-0.3, -0.25) is 18.8 Å². The third-order valence-electron chi connectivity index (χ3n) is 4.11. The van der Waals surface area contributed by atoms with E-state index in [0.29, 0.717) is 22.8 Å². The number of carbonyl (C=O) groups excluding carboxylic acids is 2. The van der Waals surface area contributed by atoms with E-state index in [1.807, 2.05) is 0 Å². The van der Waals surface area contributed by atoms with E-state index in [1.165, 1.54) is 12.0 Å². The van der Waals surface area contributed by atoms with Crippen molar-refractivity contribution in [3.63, 3.8) is 0 Å². The summed E-state index contributed by atoms with van der Waals surface area (Å²) < 4.78 is 30.6. The van der Waals surface area contributed by atoms with Crippen LogP contribution in [0.15, 0.2) is 48.5 Å². The average molecular weight is 389 g/mol. The highest BCUT2D eigenvalue weighted by Crippen LogP contribution is 2.29. The van der Waals surface area contributed by atoms with Gasteiger partial charge in [0.1, 0.15) is 18.8 Å². The molecule has 0 atom stereocenters. The molecule has 1 aliphatic heterocycles. The summed E-state index contributed by atoms with van der Waals surface area (Å²) in [5.41, 5.74) is 1.38. The molecule has 0 bridgehead atoms. The lowest BCUT2D eigenvalue weighted by atomic mass is 10.2. The van der Waals surface area contributed by atoms with E-state index in [9.17, 15) is 18.0 Å². The van der Waals surface area contributed by atoms with Gasteiger partial charge in [-0.25, -0.2) is 8.42 Å². The number of hydrogen-bond donors (Lipinski definition) is 1. The molecular weight excluding hydrogens is 370 g/mol. The smallest absolute Gasteiger partial charge is 0.248 e. The van der Waals surface area contributed by atoms with Gasteiger partial charge in [0.2, 0.25) is 21.8 Å². The number of carbonyl (C=O) groups is 2. The summed E-state index contributed by atoms with van der Waals surface area (Å²) in [4.78, 5) is 26.1. The maximum atomic E-state index is 12.9. The van der Waals surface area contributed by atoms with Gasteiger partial charge in [0.25, 0.3) is 0 Å². The Morgan fingerprint density at radius 3 is 2.48 bits per heavy atom. The first-order valence-corrected chi connectivity index (χ1v) is 9.95. The van der Waals surface area contributed by atoms with Gasteiger partial charge in [0, 0.05) is 0 Å². The Morgan fingerprint density at radius 2 is 1.85 bits per heavy atom. The molecule has 9 heteroatoms. The van der Waals surface area contributed by atoms with Gasteiger partial charge >= 0.3 is 0 Å². The summed E-state index contributed by atoms with van der Waals surface area (Å²) >= 11 is 0. The van der Waals surface area contributed by atoms with Crippen molar-refractivity contribution in [2.24, 2.45) is 0 Å². The molecule has 27 heavy (non-hydrogen) atoms. The molecule has 2 amide bonds. The molecule has 1 aliphatic rings. The second-order valence-corrected chi connectivity index (χ2v) is 7.92. The van der Waals surface area contributed by atoms with E-state index >= 15 is 0 Å². The lowest BCUT2D eigenvalue weighted by molar-refractivity contribution is -0.121. The number of sulfonamides is 1. The molecule has 0 aromatic heterocycles. The van der Waals surface area contributed by atoms with Crippen LogP contribution in [0.4, 0.5) is 17.1 Å². The number of nitrogens with zero attached hydrogens (tertiary/aromatic N) is 2. The first-order chi connectivity index (χ1) is 12.8. The Hall–Kier alpha value is -3.07. The second kappa shape index (κ2) is 7.28. The van der Waals surface area contributed by atoms with Crippen LogP contribution in [-0.2, 0) is 19.6 Å². The molecule has 142 valence electrons. The summed E-state index contributed by atoms with van der Waals surface area (Å²) in [6.45, 7) is -0.594. The predicted molar refractivity (Wildman–Crippen MR) is 103 cm³/mol. The van der Waals surface area contributed by atoms with Gasteiger partial charge in [-0.2, -0.15) is 0 Å². The standard InChI is InChI=1S/C18H19N3O5S/c1-26-14-9-7-13(8-10-14)21(27(2,24)25)12-18(23)20-11-17(22)19-15-5-3-4-6-16(15)20/h3-10H,11-12H2,1-2H3,(H,19,22). The van der Waals surface area contributed by atoms with Crippen molar-refractivity contribution in [2.45, 2.75) is 0 Å². The number of amides is 2. The Labute approximate surface area is 157 Å². The summed E-state index contributed by atoms with van der Waals surface area (Å²) in [5.74, 6) is -0.267. The predicted octanol–water partition coefficient (Wildman–Crippen LogP) is 1.45. The lowest BCUT2D eigenvalue weighted by Crippen LogP contribution is -2.47. The fourth-order valence-corrected chi connectivity index (χ4v) is 3.66. The molecule has 3 rings (SSSR count). The number of fused-ring (bicyclic) bond motifs is 1. The molecule has 1 heterocycles. The van der Waals surface area contributed by atoms with Gasteiger partial charge in [-0.1, -0.05) is 12.1 Å². The topological polar surface area (TPSA) is 96.0 Å². The van der Waals surface area contributed by atoms with E-state index in [1.54, 1.807) is 48.5 Å². The van der Waals surface area contributed by atoms with Gasteiger partial charge < -0.3 is 10.1 Å². The number of methoxy groups -OCH3 is 1. The highest BCUT2D eigenvalue weighted by Gasteiger charge is 2.30. The zero-order valence-electron chi connectivity index (χ0n) is 14.9. The fourth-order valence-electron chi connectivity index (χ4n) is 2.81. The SMILES string of the molecule is COc1ccc(N(CC(=O)N2CC(=O)Nc3ccccc32)S(C)(=O)=O)cc1. The molecule has 0 aliphatic carbocycles. The van der Waals surface area contributed by atoms with E-state index in [-0.39, 0.29) is 12.5 Å². The molecule has 0 radical (unpaired) electrons. The maximum absolute atomic E-state index is 12.9. The first-order valence-electron chi connectivity index (χ1n) is 8.10. The minimum Gasteiger partial charge on any atom is -0.497 e. The van der Waals surface area contributed by atoms with Crippen LogP contribution >= 0.6 is 0 Å². The Morgan fingerprint density at radius 1 is 1.19 bits per heavy atom. The van der Waals surface area contributed by atoms with E-state index in [4.69, 9.17) is 4.74 Å². The van der Waals surface area contributed by atoms with Crippen LogP contribution in [0.1, 0.15) is 0 Å². The highest BCUT2D eigenvalue weighted by molar-refractivity contribution is 7.92. The van der Waals surface area contributed by atoms with Crippen molar-refractivity contribution in [1.29, 1.82) is 0 Å². The number of benzene rings is 2. The summed E-state index contributed by atoms with van der Waals surface area (Å²) in [6.07, 6.45) is 1.03. The van der Waals surface area contributed by atoms with Gasteiger partial charge in [0.15, 0.2) is 0 Å². The first kappa shape index (κ1) is 18.7. The molecule has 0 saturated heterocycles. The third-order valence-corrected chi connectivity index (χ3v) is 5.25. The molecule has 2 aromatic rings. The molecule has 0 fully saturated rings. The molecule has 2 aromatic carbocycles. The molecule has 0 unspecified atom stereocenters. The zero-order valence-corrected chi connectivity index (χ0v) is 15.7. The number of rotatable bonds is 5. The number of anilines is 3. The van der Waals surface area contributed by atoms with Gasteiger partial charge in [-0.05, 0) is 36.4 Å². The molecule has 0 spiro atoms. The Kier molecular flexibility index (Phi) is 5.04. The molecule has 0 saturated carbocycles. The number of para-hydroxylation sites is 2. The van der Waals surface area contributed by atoms with Crippen molar-refractivity contribution in [1.82, 2.24) is 0 Å². The monoisotopic (exact) mass is 389 g/mol. The van der Waals surface area contributed by atoms with Crippen LogP contribution in [0.3, 0.4) is 0 Å². The molecule has 8 nitrogen and oxygen atoms in total. The summed E-state index contributed by atoms with van der Waals surface area (Å²) in [6, 6.07) is 13.2. The van der Waals surface area contributed by atoms with Gasteiger partial charge in [0.05, 0.1) is 30.4 Å². The zero-order chi connectivity index (χ0) is 19.6. The van der Waals surface area contributed by atoms with Crippen LogP contribution in [0.25, 0.3) is 0 Å². The second-order valence-electron chi connectivity index (χ2n) is 6.01. The van der Waals surface area contributed by atoms with Crippen LogP contribution in [0.5, 0.6) is 5.75 Å². The third kappa shape index (κ3) is 4.03. The fraction of sp³-hybridized carbons (Fsp3) is 0.222. The number of hydrogen-bond acceptors (Lipinski definition) is 5. The minimum absolute atomic E-state index is 0.171. The number of nitrogens with one attached hydrogen (secondary N) is 1. The minimum atomic E-state index is -3.72. The summed E-state index contributed by atoms with van der Waals surface area (Å²) in [5, 5.41) is 2.69. The Balaban J connectivity index is 1.90. The van der Waals surface area contributed by atoms with Crippen molar-refractivity contribution in [2.75, 3.05) is 41.0 Å². The maximum Gasteiger partial charge on any atom is 0.248 e. The molecule has 1 N–H and O–H groups in total. The van der Waals surface area contributed by atoms with E-state index in [2.05, 4.69) is 5.32 Å². The van der Waals surface area contributed by atoms with E-state index in [0.717, 1.165) is 10.6 Å². The van der Waals surface area contributed by atoms with Crippen molar-refractivity contribution in [3.8, 4) is 5.75 Å². The highest BCUT2D eigenvalue weighted by atomic mass is 32.2. The normalized spacial score (nSPS) is 13.6. The average Bonchev–Trinajstić information content (AvgIpc) is 2.64.